The van der Waals surface area contributed by atoms with Gasteiger partial charge in [-0.2, -0.15) is 13.6 Å². The summed E-state index contributed by atoms with van der Waals surface area (Å²) in [6.45, 7) is 0.0158. The number of nitrogens with one attached hydrogen (secondary N) is 2. The average molecular weight is 672 g/mol. The maximum atomic E-state index is 12.3. The molecule has 0 aliphatic carbocycles. The van der Waals surface area contributed by atoms with Crippen molar-refractivity contribution in [2.45, 2.75) is 43.6 Å². The largest absolute Gasteiger partial charge is 0.490 e. The second-order valence-electron chi connectivity index (χ2n) is 8.86. The van der Waals surface area contributed by atoms with Gasteiger partial charge in [0.15, 0.2) is 18.1 Å². The highest BCUT2D eigenvalue weighted by Gasteiger charge is 2.51. The van der Waals surface area contributed by atoms with E-state index in [2.05, 4.69) is 33.0 Å². The molecule has 1 amide bonds. The Morgan fingerprint density at radius 2 is 1.79 bits per heavy atom. The number of nitro groups is 1. The Balaban J connectivity index is 1.35. The number of phosphoric acid groups is 3. The molecule has 0 radical (unpaired) electrons. The molecule has 3 aliphatic rings. The van der Waals surface area contributed by atoms with Gasteiger partial charge in [0.25, 0.3) is 11.6 Å². The molecule has 0 spiro atoms. The van der Waals surface area contributed by atoms with E-state index in [4.69, 9.17) is 10.1 Å². The number of phosphoric ester groups is 2. The van der Waals surface area contributed by atoms with Gasteiger partial charge in [0.2, 0.25) is 5.96 Å². The number of aliphatic hydroxyl groups is 2. The number of nitrogens with zero attached hydrogens (tertiary/aromatic N) is 4. The number of rotatable bonds is 12. The second-order valence-corrected chi connectivity index (χ2v) is 13.4. The fourth-order valence-corrected chi connectivity index (χ4v) is 7.73. The Kier molecular flexibility index (Phi) is 9.46. The van der Waals surface area contributed by atoms with Crippen molar-refractivity contribution in [3.63, 3.8) is 0 Å². The molecule has 1 saturated heterocycles. The lowest BCUT2D eigenvalue weighted by Crippen LogP contribution is -2.53. The third kappa shape index (κ3) is 7.65. The van der Waals surface area contributed by atoms with Crippen LogP contribution in [-0.2, 0) is 40.9 Å². The third-order valence-electron chi connectivity index (χ3n) is 5.85. The van der Waals surface area contributed by atoms with Crippen molar-refractivity contribution < 1.29 is 70.7 Å². The van der Waals surface area contributed by atoms with Crippen LogP contribution < -0.4 is 5.32 Å². The number of amides is 1. The summed E-state index contributed by atoms with van der Waals surface area (Å²) in [5.74, 6) is -1.33. The molecular formula is C18H23N6O16P3. The zero-order chi connectivity index (χ0) is 31.9. The monoisotopic (exact) mass is 672 g/mol. The van der Waals surface area contributed by atoms with Crippen LogP contribution in [0.15, 0.2) is 34.3 Å². The SMILES string of the molecule is CC(OP(=O)(O)OP(=O)(O)OP(=O)(O)OC[C@H]1O[C@@H](N2C=NC3C(=O)NC(=N)N=C32)[C@@H](O)[C@H]1O)c1ccccc1[N+](=O)[O-]. The number of hydrogen-bond acceptors (Lipinski definition) is 16. The summed E-state index contributed by atoms with van der Waals surface area (Å²) < 4.78 is 59.5. The quantitative estimate of drug-likeness (QED) is 0.0847. The van der Waals surface area contributed by atoms with Gasteiger partial charge < -0.3 is 29.6 Å². The van der Waals surface area contributed by atoms with E-state index >= 15 is 0 Å². The van der Waals surface area contributed by atoms with Crippen molar-refractivity contribution in [3.05, 3.63) is 39.9 Å². The molecule has 25 heteroatoms. The van der Waals surface area contributed by atoms with E-state index in [1.165, 1.54) is 18.2 Å². The fourth-order valence-electron chi connectivity index (χ4n) is 4.07. The first-order valence-electron chi connectivity index (χ1n) is 11.7. The normalized spacial score (nSPS) is 30.0. The molecule has 5 unspecified atom stereocenters. The lowest BCUT2D eigenvalue weighted by atomic mass is 10.1. The molecule has 22 nitrogen and oxygen atoms in total. The van der Waals surface area contributed by atoms with Gasteiger partial charge in [-0.05, 0) is 13.0 Å². The molecule has 7 N–H and O–H groups in total. The number of amidine groups is 1. The molecule has 0 saturated carbocycles. The number of carbonyl (C=O) groups excluding carboxylic acids is 1. The number of aliphatic imine (C=N–C) groups is 2. The number of carbonyl (C=O) groups is 1. The van der Waals surface area contributed by atoms with Crippen LogP contribution in [0.4, 0.5) is 5.69 Å². The van der Waals surface area contributed by atoms with Crippen LogP contribution in [0.5, 0.6) is 0 Å². The highest BCUT2D eigenvalue weighted by Crippen LogP contribution is 2.68. The summed E-state index contributed by atoms with van der Waals surface area (Å²) in [6.07, 6.45) is -7.11. The average Bonchev–Trinajstić information content (AvgIpc) is 3.41. The van der Waals surface area contributed by atoms with Gasteiger partial charge in [0.05, 0.1) is 29.5 Å². The summed E-state index contributed by atoms with van der Waals surface area (Å²) in [7, 11) is -17.1. The van der Waals surface area contributed by atoms with Crippen LogP contribution in [0.3, 0.4) is 0 Å². The van der Waals surface area contributed by atoms with E-state index in [1.807, 2.05) is 0 Å². The summed E-state index contributed by atoms with van der Waals surface area (Å²) in [5, 5.41) is 41.6. The first-order valence-corrected chi connectivity index (χ1v) is 16.2. The number of fused-ring (bicyclic) bond motifs is 1. The number of benzene rings is 1. The highest BCUT2D eigenvalue weighted by molar-refractivity contribution is 7.66. The molecule has 0 bridgehead atoms. The molecule has 3 heterocycles. The summed E-state index contributed by atoms with van der Waals surface area (Å²) in [5.41, 5.74) is -0.720. The van der Waals surface area contributed by atoms with E-state index in [9.17, 15) is 53.5 Å². The maximum absolute atomic E-state index is 12.3. The van der Waals surface area contributed by atoms with Crippen LogP contribution >= 0.6 is 23.5 Å². The predicted octanol–water partition coefficient (Wildman–Crippen LogP) is -0.354. The van der Waals surface area contributed by atoms with Gasteiger partial charge in [-0.25, -0.2) is 13.7 Å². The molecule has 236 valence electrons. The maximum Gasteiger partial charge on any atom is 0.490 e. The summed E-state index contributed by atoms with van der Waals surface area (Å²) >= 11 is 0. The summed E-state index contributed by atoms with van der Waals surface area (Å²) in [6, 6.07) is 3.73. The molecule has 43 heavy (non-hydrogen) atoms. The van der Waals surface area contributed by atoms with Crippen molar-refractivity contribution in [3.8, 4) is 0 Å². The predicted molar refractivity (Wildman–Crippen MR) is 138 cm³/mol. The molecule has 1 aromatic carbocycles. The zero-order valence-electron chi connectivity index (χ0n) is 21.4. The number of hydrogen-bond donors (Lipinski definition) is 7. The lowest BCUT2D eigenvalue weighted by Gasteiger charge is -2.28. The minimum Gasteiger partial charge on any atom is -0.387 e. The van der Waals surface area contributed by atoms with Gasteiger partial charge in [-0.15, -0.1) is 0 Å². The topological polar surface area (TPSA) is 323 Å². The number of nitro benzene ring substituents is 1. The molecular weight excluding hydrogens is 649 g/mol. The Hall–Kier alpha value is -2.81. The van der Waals surface area contributed by atoms with Crippen molar-refractivity contribution in [1.29, 1.82) is 5.41 Å². The van der Waals surface area contributed by atoms with Crippen LogP contribution in [-0.4, -0.2) is 95.9 Å². The third-order valence-corrected chi connectivity index (χ3v) is 10.2. The first kappa shape index (κ1) is 33.1. The van der Waals surface area contributed by atoms with E-state index in [0.29, 0.717) is 0 Å². The Morgan fingerprint density at radius 3 is 2.47 bits per heavy atom. The molecule has 1 fully saturated rings. The number of ether oxygens (including phenoxy) is 1. The number of para-hydroxylation sites is 1. The highest BCUT2D eigenvalue weighted by atomic mass is 31.3. The smallest absolute Gasteiger partial charge is 0.387 e. The van der Waals surface area contributed by atoms with E-state index in [-0.39, 0.29) is 11.4 Å². The van der Waals surface area contributed by atoms with Gasteiger partial charge in [-0.1, -0.05) is 12.1 Å². The van der Waals surface area contributed by atoms with Crippen molar-refractivity contribution in [1.82, 2.24) is 10.2 Å². The van der Waals surface area contributed by atoms with E-state index < -0.39 is 89.2 Å². The standard InChI is InChI=1S/C18H23N6O16P3/c1-8(9-4-2-3-5-10(9)24(28)29)38-42(32,33)40-43(34,35)39-41(30,31)36-6-11-13(25)14(26)17(37-11)23-7-20-12-15(23)21-18(19)22-16(12)27/h2-5,7-8,11-14,17,25-26H,6H2,1H3,(H,30,31)(H,32,33)(H,34,35)(H2,19,22,27)/t8?,11-,12?,13+,14+,17-/m1/s1. The van der Waals surface area contributed by atoms with Crippen molar-refractivity contribution in [2.24, 2.45) is 9.98 Å². The number of aliphatic hydroxyl groups excluding tert-OH is 2. The van der Waals surface area contributed by atoms with E-state index in [1.54, 1.807) is 0 Å². The zero-order valence-corrected chi connectivity index (χ0v) is 24.1. The molecule has 3 aliphatic heterocycles. The fraction of sp³-hybridized carbons (Fsp3) is 0.444. The van der Waals surface area contributed by atoms with Crippen LogP contribution in [0, 0.1) is 15.5 Å². The van der Waals surface area contributed by atoms with Crippen molar-refractivity contribution in [2.75, 3.05) is 6.61 Å². The summed E-state index contributed by atoms with van der Waals surface area (Å²) in [4.78, 5) is 60.7. The first-order chi connectivity index (χ1) is 19.9. The van der Waals surface area contributed by atoms with Crippen molar-refractivity contribution >= 4 is 53.2 Å². The van der Waals surface area contributed by atoms with Crippen LogP contribution in [0.25, 0.3) is 0 Å². The van der Waals surface area contributed by atoms with Gasteiger partial charge in [0.1, 0.15) is 18.3 Å². The minimum atomic E-state index is -5.92. The van der Waals surface area contributed by atoms with E-state index in [0.717, 1.165) is 24.2 Å². The van der Waals surface area contributed by atoms with Crippen LogP contribution in [0.2, 0.25) is 0 Å². The van der Waals surface area contributed by atoms with Gasteiger partial charge in [0, 0.05) is 6.07 Å². The molecule has 9 atom stereocenters. The molecule has 0 aromatic heterocycles. The van der Waals surface area contributed by atoms with Gasteiger partial charge in [-0.3, -0.25) is 44.6 Å². The minimum absolute atomic E-state index is 0.118. The molecule has 4 rings (SSSR count). The Bertz CT molecular complexity index is 1520. The van der Waals surface area contributed by atoms with Crippen LogP contribution in [0.1, 0.15) is 18.6 Å². The number of guanidine groups is 1. The second kappa shape index (κ2) is 12.3. The molecule has 1 aromatic rings. The Labute approximate surface area is 240 Å². The lowest BCUT2D eigenvalue weighted by molar-refractivity contribution is -0.386. The van der Waals surface area contributed by atoms with Gasteiger partial charge >= 0.3 is 23.5 Å². The Morgan fingerprint density at radius 1 is 1.14 bits per heavy atom.